The molecule has 1 aromatic heterocycles. The van der Waals surface area contributed by atoms with Crippen molar-refractivity contribution in [2.75, 3.05) is 13.1 Å². The Balaban J connectivity index is 2.00. The normalized spacial score (nSPS) is 24.0. The summed E-state index contributed by atoms with van der Waals surface area (Å²) in [4.78, 5) is 4.48. The zero-order chi connectivity index (χ0) is 13.7. The molecule has 2 rings (SSSR count). The van der Waals surface area contributed by atoms with E-state index in [1.54, 1.807) is 6.33 Å². The minimum atomic E-state index is 0.410. The zero-order valence-corrected chi connectivity index (χ0v) is 12.6. The molecule has 0 spiro atoms. The van der Waals surface area contributed by atoms with E-state index >= 15 is 0 Å². The molecule has 0 saturated heterocycles. The van der Waals surface area contributed by atoms with Gasteiger partial charge in [0.2, 0.25) is 0 Å². The predicted molar refractivity (Wildman–Crippen MR) is 78.1 cm³/mol. The van der Waals surface area contributed by atoms with Crippen molar-refractivity contribution in [2.24, 2.45) is 11.8 Å². The maximum Gasteiger partial charge on any atom is 0.138 e. The van der Waals surface area contributed by atoms with Crippen LogP contribution in [0, 0.1) is 11.8 Å². The molecule has 1 saturated carbocycles. The molecular formula is C15H28N4. The fourth-order valence-corrected chi connectivity index (χ4v) is 3.24. The Kier molecular flexibility index (Phi) is 5.37. The lowest BCUT2D eigenvalue weighted by Gasteiger charge is -2.31. The summed E-state index contributed by atoms with van der Waals surface area (Å²) in [6, 6.07) is 0.410. The molecule has 1 aromatic rings. The van der Waals surface area contributed by atoms with Crippen molar-refractivity contribution in [1.82, 2.24) is 20.1 Å². The molecule has 108 valence electrons. The fourth-order valence-electron chi connectivity index (χ4n) is 3.24. The van der Waals surface area contributed by atoms with E-state index in [2.05, 4.69) is 40.9 Å². The molecule has 1 N–H and O–H groups in total. The molecular weight excluding hydrogens is 236 g/mol. The third kappa shape index (κ3) is 3.78. The van der Waals surface area contributed by atoms with Gasteiger partial charge in [-0.15, -0.1) is 0 Å². The minimum Gasteiger partial charge on any atom is -0.317 e. The van der Waals surface area contributed by atoms with Crippen molar-refractivity contribution in [3.63, 3.8) is 0 Å². The van der Waals surface area contributed by atoms with Crippen molar-refractivity contribution in [3.05, 3.63) is 12.2 Å². The summed E-state index contributed by atoms with van der Waals surface area (Å²) in [5, 5.41) is 7.88. The Morgan fingerprint density at radius 2 is 2.05 bits per heavy atom. The molecule has 2 unspecified atom stereocenters. The van der Waals surface area contributed by atoms with E-state index in [9.17, 15) is 0 Å². The van der Waals surface area contributed by atoms with E-state index in [-0.39, 0.29) is 0 Å². The lowest BCUT2D eigenvalue weighted by Crippen LogP contribution is -2.32. The van der Waals surface area contributed by atoms with Gasteiger partial charge in [-0.05, 0) is 51.6 Å². The van der Waals surface area contributed by atoms with Crippen molar-refractivity contribution < 1.29 is 0 Å². The molecule has 0 aromatic carbocycles. The van der Waals surface area contributed by atoms with E-state index in [0.717, 1.165) is 31.3 Å². The summed E-state index contributed by atoms with van der Waals surface area (Å²) < 4.78 is 2.08. The lowest BCUT2D eigenvalue weighted by molar-refractivity contribution is 0.223. The van der Waals surface area contributed by atoms with E-state index in [4.69, 9.17) is 0 Å². The second-order valence-electron chi connectivity index (χ2n) is 6.03. The second-order valence-corrected chi connectivity index (χ2v) is 6.03. The highest BCUT2D eigenvalue weighted by atomic mass is 15.3. The van der Waals surface area contributed by atoms with E-state index in [0.29, 0.717) is 6.04 Å². The Labute approximate surface area is 117 Å². The van der Waals surface area contributed by atoms with Crippen molar-refractivity contribution >= 4 is 0 Å². The first-order valence-corrected chi connectivity index (χ1v) is 7.81. The average Bonchev–Trinajstić information content (AvgIpc) is 2.86. The maximum atomic E-state index is 4.48. The van der Waals surface area contributed by atoms with Gasteiger partial charge in [0.1, 0.15) is 12.2 Å². The number of rotatable bonds is 6. The predicted octanol–water partition coefficient (Wildman–Crippen LogP) is 2.82. The largest absolute Gasteiger partial charge is 0.317 e. The van der Waals surface area contributed by atoms with E-state index < -0.39 is 0 Å². The Morgan fingerprint density at radius 1 is 1.32 bits per heavy atom. The van der Waals surface area contributed by atoms with Gasteiger partial charge in [-0.1, -0.05) is 19.8 Å². The van der Waals surface area contributed by atoms with Crippen molar-refractivity contribution in [2.45, 2.75) is 58.9 Å². The van der Waals surface area contributed by atoms with Crippen LogP contribution in [0.15, 0.2) is 6.33 Å². The first kappa shape index (κ1) is 14.5. The zero-order valence-electron chi connectivity index (χ0n) is 12.6. The van der Waals surface area contributed by atoms with Gasteiger partial charge in [-0.2, -0.15) is 5.10 Å². The van der Waals surface area contributed by atoms with Crippen LogP contribution < -0.4 is 5.32 Å². The molecule has 4 heteroatoms. The van der Waals surface area contributed by atoms with Crippen molar-refractivity contribution in [1.29, 1.82) is 0 Å². The highest BCUT2D eigenvalue weighted by molar-refractivity contribution is 4.92. The van der Waals surface area contributed by atoms with Crippen LogP contribution in [-0.2, 0) is 6.42 Å². The van der Waals surface area contributed by atoms with Crippen LogP contribution in [0.4, 0.5) is 0 Å². The summed E-state index contributed by atoms with van der Waals surface area (Å²) in [6.45, 7) is 8.78. The summed E-state index contributed by atoms with van der Waals surface area (Å²) in [7, 11) is 0. The molecule has 4 nitrogen and oxygen atoms in total. The molecule has 1 heterocycles. The van der Waals surface area contributed by atoms with Crippen molar-refractivity contribution in [3.8, 4) is 0 Å². The first-order chi connectivity index (χ1) is 9.22. The summed E-state index contributed by atoms with van der Waals surface area (Å²) in [6.07, 6.45) is 8.28. The Morgan fingerprint density at radius 3 is 2.74 bits per heavy atom. The number of hydrogen-bond donors (Lipinski definition) is 1. The number of aromatic nitrogens is 3. The highest BCUT2D eigenvalue weighted by Gasteiger charge is 2.26. The molecule has 0 bridgehead atoms. The fraction of sp³-hybridized carbons (Fsp3) is 0.867. The van der Waals surface area contributed by atoms with Gasteiger partial charge in [-0.25, -0.2) is 9.67 Å². The Bertz CT molecular complexity index is 372. The topological polar surface area (TPSA) is 42.7 Å². The first-order valence-electron chi connectivity index (χ1n) is 7.81. The van der Waals surface area contributed by atoms with Gasteiger partial charge in [0.15, 0.2) is 0 Å². The minimum absolute atomic E-state index is 0.410. The summed E-state index contributed by atoms with van der Waals surface area (Å²) in [5.41, 5.74) is 0. The number of nitrogens with one attached hydrogen (secondary N) is 1. The molecule has 19 heavy (non-hydrogen) atoms. The number of hydrogen-bond acceptors (Lipinski definition) is 3. The summed E-state index contributed by atoms with van der Waals surface area (Å²) >= 11 is 0. The van der Waals surface area contributed by atoms with Gasteiger partial charge in [0, 0.05) is 12.5 Å². The van der Waals surface area contributed by atoms with Crippen LogP contribution in [0.3, 0.4) is 0 Å². The number of nitrogens with zero attached hydrogens (tertiary/aromatic N) is 3. The molecule has 2 atom stereocenters. The summed E-state index contributed by atoms with van der Waals surface area (Å²) in [5.74, 6) is 2.75. The average molecular weight is 264 g/mol. The smallest absolute Gasteiger partial charge is 0.138 e. The second kappa shape index (κ2) is 7.04. The van der Waals surface area contributed by atoms with Gasteiger partial charge in [0.05, 0.1) is 0 Å². The molecule has 1 aliphatic carbocycles. The van der Waals surface area contributed by atoms with E-state index in [1.807, 2.05) is 0 Å². The van der Waals surface area contributed by atoms with Crippen LogP contribution in [0.2, 0.25) is 0 Å². The van der Waals surface area contributed by atoms with Crippen LogP contribution in [-0.4, -0.2) is 27.9 Å². The molecule has 0 radical (unpaired) electrons. The van der Waals surface area contributed by atoms with Gasteiger partial charge in [0.25, 0.3) is 0 Å². The van der Waals surface area contributed by atoms with Crippen LogP contribution >= 0.6 is 0 Å². The SMILES string of the molecule is CCNCC1CCCCC1Cc1ncnn1C(C)C. The third-order valence-corrected chi connectivity index (χ3v) is 4.30. The monoisotopic (exact) mass is 264 g/mol. The highest BCUT2D eigenvalue weighted by Crippen LogP contribution is 2.32. The van der Waals surface area contributed by atoms with Gasteiger partial charge < -0.3 is 5.32 Å². The van der Waals surface area contributed by atoms with Crippen LogP contribution in [0.25, 0.3) is 0 Å². The molecule has 1 aliphatic rings. The van der Waals surface area contributed by atoms with Gasteiger partial charge >= 0.3 is 0 Å². The van der Waals surface area contributed by atoms with E-state index in [1.165, 1.54) is 31.5 Å². The molecule has 0 amide bonds. The molecule has 0 aliphatic heterocycles. The third-order valence-electron chi connectivity index (χ3n) is 4.30. The standard InChI is InChI=1S/C15H28N4/c1-4-16-10-14-8-6-5-7-13(14)9-15-17-11-18-19(15)12(2)3/h11-14,16H,4-10H2,1-3H3. The quantitative estimate of drug-likeness (QED) is 0.859. The van der Waals surface area contributed by atoms with Crippen LogP contribution in [0.5, 0.6) is 0 Å². The molecule has 1 fully saturated rings. The Hall–Kier alpha value is -0.900. The van der Waals surface area contributed by atoms with Crippen LogP contribution in [0.1, 0.15) is 58.3 Å². The maximum absolute atomic E-state index is 4.48. The van der Waals surface area contributed by atoms with Gasteiger partial charge in [-0.3, -0.25) is 0 Å². The lowest BCUT2D eigenvalue weighted by atomic mass is 9.77.